The van der Waals surface area contributed by atoms with Gasteiger partial charge in [-0.05, 0) is 12.1 Å². The van der Waals surface area contributed by atoms with Crippen molar-refractivity contribution < 1.29 is 24.1 Å². The van der Waals surface area contributed by atoms with E-state index in [9.17, 15) is 14.4 Å². The van der Waals surface area contributed by atoms with Gasteiger partial charge in [0.05, 0.1) is 5.69 Å². The zero-order valence-corrected chi connectivity index (χ0v) is 10.2. The molecule has 1 N–H and O–H groups in total. The van der Waals surface area contributed by atoms with Crippen molar-refractivity contribution in [1.82, 2.24) is 5.48 Å². The molecule has 2 amide bonds. The number of carbonyl (C=O) groups excluding carboxylic acids is 3. The number of isocyanates is 2. The maximum atomic E-state index is 11.8. The van der Waals surface area contributed by atoms with Gasteiger partial charge in [-0.15, -0.1) is 0 Å². The average molecular weight is 278 g/mol. The lowest BCUT2D eigenvalue weighted by atomic mass is 10.3. The van der Waals surface area contributed by atoms with Crippen LogP contribution in [0.3, 0.4) is 0 Å². The molecule has 0 heterocycles. The summed E-state index contributed by atoms with van der Waals surface area (Å²) in [7, 11) is 0. The molecule has 0 saturated carbocycles. The zero-order chi connectivity index (χ0) is 14.6. The quantitative estimate of drug-likeness (QED) is 0.341. The Morgan fingerprint density at radius 1 is 1.15 bits per heavy atom. The summed E-state index contributed by atoms with van der Waals surface area (Å²) in [6, 6.07) is 7.50. The van der Waals surface area contributed by atoms with Gasteiger partial charge in [-0.3, -0.25) is 0 Å². The van der Waals surface area contributed by atoms with E-state index in [-0.39, 0.29) is 6.73 Å². The maximum absolute atomic E-state index is 11.8. The number of urea groups is 1. The number of carbonyl (C=O) groups is 1. The molecule has 0 radical (unpaired) electrons. The number of anilines is 1. The summed E-state index contributed by atoms with van der Waals surface area (Å²) in [6.45, 7) is -0.775. The molecule has 0 atom stereocenters. The minimum atomic E-state index is -0.793. The summed E-state index contributed by atoms with van der Waals surface area (Å²) in [4.78, 5) is 47.4. The first kappa shape index (κ1) is 15.2. The standard InChI is InChI=1S/C11H10N4O5/c16-6-12-8-19-14-11(18)15(20-9-13-7-17)10-4-2-1-3-5-10/h1-5H,8-9H2,(H,14,18). The van der Waals surface area contributed by atoms with Gasteiger partial charge in [0.1, 0.15) is 0 Å². The number of nitrogens with one attached hydrogen (secondary N) is 1. The van der Waals surface area contributed by atoms with Crippen LogP contribution in [0.25, 0.3) is 0 Å². The van der Waals surface area contributed by atoms with E-state index in [4.69, 9.17) is 4.84 Å². The third kappa shape index (κ3) is 5.21. The van der Waals surface area contributed by atoms with Crippen LogP contribution in [0.4, 0.5) is 10.5 Å². The van der Waals surface area contributed by atoms with E-state index >= 15 is 0 Å². The van der Waals surface area contributed by atoms with Crippen LogP contribution in [-0.2, 0) is 19.3 Å². The smallest absolute Gasteiger partial charge is 0.248 e. The Balaban J connectivity index is 2.68. The summed E-state index contributed by atoms with van der Waals surface area (Å²) >= 11 is 0. The third-order valence-corrected chi connectivity index (χ3v) is 1.84. The molecule has 1 aromatic rings. The van der Waals surface area contributed by atoms with Gasteiger partial charge < -0.3 is 0 Å². The molecule has 0 saturated heterocycles. The molecule has 1 aromatic carbocycles. The van der Waals surface area contributed by atoms with E-state index in [1.165, 1.54) is 12.2 Å². The maximum Gasteiger partial charge on any atom is 0.370 e. The van der Waals surface area contributed by atoms with E-state index in [1.807, 2.05) is 5.48 Å². The minimum Gasteiger partial charge on any atom is -0.248 e. The normalized spacial score (nSPS) is 9.00. The molecular weight excluding hydrogens is 268 g/mol. The Labute approximate surface area is 113 Å². The predicted octanol–water partition coefficient (Wildman–Crippen LogP) is 0.652. The predicted molar refractivity (Wildman–Crippen MR) is 65.6 cm³/mol. The molecule has 0 aliphatic rings. The SMILES string of the molecule is O=C=NCONC(=O)N(OCN=C=O)c1ccccc1. The molecule has 0 fully saturated rings. The van der Waals surface area contributed by atoms with E-state index in [0.717, 1.165) is 5.06 Å². The lowest BCUT2D eigenvalue weighted by Crippen LogP contribution is -2.40. The average Bonchev–Trinajstić information content (AvgIpc) is 2.49. The number of aliphatic imine (C=N–C) groups is 2. The van der Waals surface area contributed by atoms with Crippen LogP contribution in [0, 0.1) is 0 Å². The highest BCUT2D eigenvalue weighted by Crippen LogP contribution is 2.13. The van der Waals surface area contributed by atoms with Gasteiger partial charge in [0.25, 0.3) is 0 Å². The third-order valence-electron chi connectivity index (χ3n) is 1.84. The van der Waals surface area contributed by atoms with Crippen molar-refractivity contribution in [3.63, 3.8) is 0 Å². The number of hydroxylamine groups is 2. The fourth-order valence-corrected chi connectivity index (χ4v) is 1.12. The highest BCUT2D eigenvalue weighted by molar-refractivity contribution is 5.89. The topological polar surface area (TPSA) is 110 Å². The fourth-order valence-electron chi connectivity index (χ4n) is 1.12. The van der Waals surface area contributed by atoms with Gasteiger partial charge in [-0.1, -0.05) is 18.2 Å². The number of hydrogen-bond donors (Lipinski definition) is 1. The second-order valence-electron chi connectivity index (χ2n) is 3.07. The molecule has 9 heteroatoms. The molecule has 0 spiro atoms. The summed E-state index contributed by atoms with van der Waals surface area (Å²) in [6.07, 6.45) is 2.52. The van der Waals surface area contributed by atoms with Crippen molar-refractivity contribution in [2.45, 2.75) is 0 Å². The van der Waals surface area contributed by atoms with Gasteiger partial charge >= 0.3 is 6.03 Å². The first-order valence-corrected chi connectivity index (χ1v) is 5.26. The second kappa shape index (κ2) is 9.15. The molecule has 0 aliphatic heterocycles. The van der Waals surface area contributed by atoms with Crippen molar-refractivity contribution in [3.05, 3.63) is 30.3 Å². The summed E-state index contributed by atoms with van der Waals surface area (Å²) in [5.74, 6) is 0. The Hall–Kier alpha value is -2.83. The Morgan fingerprint density at radius 2 is 1.80 bits per heavy atom. The summed E-state index contributed by atoms with van der Waals surface area (Å²) in [5.41, 5.74) is 2.38. The Bertz CT molecular complexity index is 523. The van der Waals surface area contributed by atoms with E-state index in [2.05, 4.69) is 14.8 Å². The molecule has 1 rings (SSSR count). The first-order chi connectivity index (χ1) is 9.79. The first-order valence-electron chi connectivity index (χ1n) is 5.26. The van der Waals surface area contributed by atoms with Crippen LogP contribution in [0.5, 0.6) is 0 Å². The highest BCUT2D eigenvalue weighted by Gasteiger charge is 2.16. The molecule has 0 unspecified atom stereocenters. The molecule has 0 bridgehead atoms. The number of benzene rings is 1. The van der Waals surface area contributed by atoms with Gasteiger partial charge in [-0.25, -0.2) is 29.5 Å². The molecular formula is C11H10N4O5. The molecule has 9 nitrogen and oxygen atoms in total. The van der Waals surface area contributed by atoms with Crippen molar-refractivity contribution in [3.8, 4) is 0 Å². The van der Waals surface area contributed by atoms with Crippen molar-refractivity contribution in [2.75, 3.05) is 18.5 Å². The molecule has 0 aliphatic carbocycles. The van der Waals surface area contributed by atoms with Crippen LogP contribution in [0.2, 0.25) is 0 Å². The van der Waals surface area contributed by atoms with Crippen LogP contribution in [0.1, 0.15) is 0 Å². The monoisotopic (exact) mass is 278 g/mol. The molecule has 104 valence electrons. The van der Waals surface area contributed by atoms with Crippen LogP contribution in [0.15, 0.2) is 40.3 Å². The lowest BCUT2D eigenvalue weighted by molar-refractivity contribution is 0.0488. The van der Waals surface area contributed by atoms with Crippen LogP contribution in [-0.4, -0.2) is 31.7 Å². The van der Waals surface area contributed by atoms with E-state index < -0.39 is 12.8 Å². The molecule has 0 aromatic heterocycles. The summed E-state index contributed by atoms with van der Waals surface area (Å²) in [5, 5.41) is 0.825. The van der Waals surface area contributed by atoms with E-state index in [0.29, 0.717) is 5.69 Å². The molecule has 20 heavy (non-hydrogen) atoms. The number of hydrogen-bond acceptors (Lipinski definition) is 7. The highest BCUT2D eigenvalue weighted by atomic mass is 16.7. The van der Waals surface area contributed by atoms with Gasteiger partial charge in [0.2, 0.25) is 12.2 Å². The van der Waals surface area contributed by atoms with Crippen LogP contribution < -0.4 is 10.5 Å². The number of amides is 2. The van der Waals surface area contributed by atoms with Gasteiger partial charge in [0.15, 0.2) is 13.5 Å². The Kier molecular flexibility index (Phi) is 6.96. The number of rotatable bonds is 7. The Morgan fingerprint density at radius 3 is 2.45 bits per heavy atom. The number of para-hydroxylation sites is 1. The minimum absolute atomic E-state index is 0.383. The van der Waals surface area contributed by atoms with Gasteiger partial charge in [-0.2, -0.15) is 15.0 Å². The number of nitrogens with zero attached hydrogens (tertiary/aromatic N) is 3. The van der Waals surface area contributed by atoms with Crippen LogP contribution >= 0.6 is 0 Å². The summed E-state index contributed by atoms with van der Waals surface area (Å²) < 4.78 is 0. The largest absolute Gasteiger partial charge is 0.370 e. The van der Waals surface area contributed by atoms with E-state index in [1.54, 1.807) is 30.3 Å². The second-order valence-corrected chi connectivity index (χ2v) is 3.07. The van der Waals surface area contributed by atoms with Crippen molar-refractivity contribution in [1.29, 1.82) is 0 Å². The van der Waals surface area contributed by atoms with Gasteiger partial charge in [0, 0.05) is 0 Å². The lowest BCUT2D eigenvalue weighted by Gasteiger charge is -2.20. The zero-order valence-electron chi connectivity index (χ0n) is 10.2. The van der Waals surface area contributed by atoms with Crippen molar-refractivity contribution in [2.24, 2.45) is 9.98 Å². The fraction of sp³-hybridized carbons (Fsp3) is 0.182. The van der Waals surface area contributed by atoms with Crippen molar-refractivity contribution >= 4 is 23.9 Å².